The lowest BCUT2D eigenvalue weighted by Gasteiger charge is -2.20. The second kappa shape index (κ2) is 9.16. The van der Waals surface area contributed by atoms with E-state index in [1.807, 2.05) is 0 Å². The smallest absolute Gasteiger partial charge is 0.341 e. The van der Waals surface area contributed by atoms with Gasteiger partial charge >= 0.3 is 5.97 Å². The van der Waals surface area contributed by atoms with E-state index in [2.05, 4.69) is 10.3 Å². The van der Waals surface area contributed by atoms with Crippen molar-refractivity contribution in [2.24, 2.45) is 5.73 Å². The average Bonchev–Trinajstić information content (AvgIpc) is 3.40. The van der Waals surface area contributed by atoms with Crippen LogP contribution in [0.2, 0.25) is 0 Å². The Morgan fingerprint density at radius 2 is 2.03 bits per heavy atom. The third-order valence-corrected chi connectivity index (χ3v) is 5.36. The maximum absolute atomic E-state index is 14.8. The number of carbonyl (C=O) groups is 2. The van der Waals surface area contributed by atoms with Gasteiger partial charge in [-0.05, 0) is 32.3 Å². The van der Waals surface area contributed by atoms with E-state index in [0.717, 1.165) is 18.9 Å². The van der Waals surface area contributed by atoms with Crippen molar-refractivity contribution < 1.29 is 24.6 Å². The first-order valence-corrected chi connectivity index (χ1v) is 9.56. The van der Waals surface area contributed by atoms with Gasteiger partial charge in [-0.3, -0.25) is 9.59 Å². The summed E-state index contributed by atoms with van der Waals surface area (Å²) in [5, 5.41) is 12.1. The molecule has 0 unspecified atom stereocenters. The van der Waals surface area contributed by atoms with Gasteiger partial charge < -0.3 is 31.1 Å². The number of nitrogens with zero attached hydrogens (tertiary/aromatic N) is 3. The van der Waals surface area contributed by atoms with E-state index in [1.54, 1.807) is 16.4 Å². The number of carboxylic acids is 1. The summed E-state index contributed by atoms with van der Waals surface area (Å²) in [4.78, 5) is 41.9. The highest BCUT2D eigenvalue weighted by Gasteiger charge is 2.31. The fourth-order valence-corrected chi connectivity index (χ4v) is 3.65. The molecule has 2 fully saturated rings. The fourth-order valence-electron chi connectivity index (χ4n) is 3.65. The van der Waals surface area contributed by atoms with Gasteiger partial charge in [-0.1, -0.05) is 0 Å². The summed E-state index contributed by atoms with van der Waals surface area (Å²) in [7, 11) is 0. The number of halogens is 2. The van der Waals surface area contributed by atoms with Gasteiger partial charge in [-0.2, -0.15) is 0 Å². The van der Waals surface area contributed by atoms with Gasteiger partial charge in [0, 0.05) is 31.4 Å². The van der Waals surface area contributed by atoms with Crippen LogP contribution in [0.3, 0.4) is 0 Å². The number of carbonyl (C=O) groups excluding carboxylic acids is 1. The minimum atomic E-state index is -1.34. The molecule has 4 rings (SSSR count). The van der Waals surface area contributed by atoms with E-state index >= 15 is 0 Å². The lowest BCUT2D eigenvalue weighted by atomic mass is 10.2. The topological polar surface area (TPSA) is 162 Å². The Hall–Kier alpha value is -2.76. The second-order valence-electron chi connectivity index (χ2n) is 7.71. The van der Waals surface area contributed by atoms with Crippen molar-refractivity contribution in [3.63, 3.8) is 0 Å². The summed E-state index contributed by atoms with van der Waals surface area (Å²) >= 11 is 0. The zero-order chi connectivity index (χ0) is 20.9. The molecule has 6 N–H and O–H groups in total. The quantitative estimate of drug-likeness (QED) is 0.577. The zero-order valence-electron chi connectivity index (χ0n) is 16.8. The third-order valence-electron chi connectivity index (χ3n) is 5.36. The molecule has 0 aromatic carbocycles. The molecule has 170 valence electrons. The number of rotatable bonds is 5. The van der Waals surface area contributed by atoms with Crippen LogP contribution in [-0.2, 0) is 4.79 Å². The number of nitrogens with two attached hydrogens (primary N) is 1. The number of aromatic nitrogens is 2. The largest absolute Gasteiger partial charge is 0.477 e. The zero-order valence-corrected chi connectivity index (χ0v) is 17.6. The maximum Gasteiger partial charge on any atom is 0.341 e. The van der Waals surface area contributed by atoms with Crippen LogP contribution >= 0.6 is 12.4 Å². The Morgan fingerprint density at radius 1 is 1.35 bits per heavy atom. The van der Waals surface area contributed by atoms with E-state index in [-0.39, 0.29) is 52.7 Å². The van der Waals surface area contributed by atoms with Crippen LogP contribution in [0.4, 0.5) is 10.2 Å². The Labute approximate surface area is 182 Å². The van der Waals surface area contributed by atoms with Gasteiger partial charge in [0.05, 0.1) is 11.4 Å². The third kappa shape index (κ3) is 4.63. The highest BCUT2D eigenvalue weighted by atomic mass is 35.5. The first kappa shape index (κ1) is 24.5. The number of carboxylic acid groups (broad SMARTS) is 1. The van der Waals surface area contributed by atoms with Crippen molar-refractivity contribution in [2.45, 2.75) is 44.3 Å². The summed E-state index contributed by atoms with van der Waals surface area (Å²) < 4.78 is 16.5. The van der Waals surface area contributed by atoms with E-state index in [9.17, 15) is 23.9 Å². The molecular weight excluding hydrogens is 433 g/mol. The monoisotopic (exact) mass is 457 g/mol. The molecule has 1 aliphatic heterocycles. The van der Waals surface area contributed by atoms with Crippen LogP contribution in [0.5, 0.6) is 0 Å². The number of anilines is 1. The lowest BCUT2D eigenvalue weighted by molar-refractivity contribution is -0.122. The first-order chi connectivity index (χ1) is 13.8. The first-order valence-electron chi connectivity index (χ1n) is 9.56. The predicted molar refractivity (Wildman–Crippen MR) is 114 cm³/mol. The second-order valence-corrected chi connectivity index (χ2v) is 7.71. The van der Waals surface area contributed by atoms with Crippen molar-refractivity contribution in [2.75, 3.05) is 18.0 Å². The molecule has 12 heteroatoms. The molecule has 0 spiro atoms. The molecule has 2 aromatic rings. The van der Waals surface area contributed by atoms with Crippen LogP contribution in [0, 0.1) is 5.82 Å². The van der Waals surface area contributed by atoms with Crippen LogP contribution in [0.15, 0.2) is 17.1 Å². The normalized spacial score (nSPS) is 18.8. The summed E-state index contributed by atoms with van der Waals surface area (Å²) in [5.41, 5.74) is 4.72. The lowest BCUT2D eigenvalue weighted by Crippen LogP contribution is -2.45. The van der Waals surface area contributed by atoms with Crippen LogP contribution in [-0.4, -0.2) is 57.2 Å². The number of pyridine rings is 2. The molecule has 10 nitrogen and oxygen atoms in total. The Morgan fingerprint density at radius 3 is 2.61 bits per heavy atom. The number of aromatic carboxylic acids is 1. The van der Waals surface area contributed by atoms with E-state index in [4.69, 9.17) is 5.73 Å². The number of nitrogens with one attached hydrogen (secondary N) is 1. The molecular formula is C19H25ClFN5O5. The highest BCUT2D eigenvalue weighted by Crippen LogP contribution is 2.37. The number of fused-ring (bicyclic) bond motifs is 1. The summed E-state index contributed by atoms with van der Waals surface area (Å²) in [6.45, 7) is 2.45. The van der Waals surface area contributed by atoms with E-state index < -0.39 is 28.8 Å². The van der Waals surface area contributed by atoms with Gasteiger partial charge in [-0.15, -0.1) is 12.4 Å². The fraction of sp³-hybridized carbons (Fsp3) is 0.474. The Balaban J connectivity index is 0.00000171. The Bertz CT molecular complexity index is 1070. The summed E-state index contributed by atoms with van der Waals surface area (Å²) in [6.07, 6.45) is 3.61. The molecule has 31 heavy (non-hydrogen) atoms. The van der Waals surface area contributed by atoms with Gasteiger partial charge in [0.15, 0.2) is 11.6 Å². The molecule has 2 aromatic heterocycles. The molecule has 1 saturated carbocycles. The van der Waals surface area contributed by atoms with Gasteiger partial charge in [-0.25, -0.2) is 14.2 Å². The molecule has 0 radical (unpaired) electrons. The van der Waals surface area contributed by atoms with Gasteiger partial charge in [0.1, 0.15) is 11.2 Å². The molecule has 0 bridgehead atoms. The standard InChI is InChI=1S/C19H22FN5O4.ClH.H2O/c1-9(21)18(27)22-10-4-5-24(7-10)17-14(20)6-12-15(26)13(19(28)29)8-25(11-2-3-11)16(12)23-17;;/h6,8-11H,2-5,7,21H2,1H3,(H,22,27)(H,28,29);1H;1H2/t9-,10+;;/m0../s1. The minimum absolute atomic E-state index is 0. The van der Waals surface area contributed by atoms with E-state index in [0.29, 0.717) is 19.5 Å². The van der Waals surface area contributed by atoms with Crippen molar-refractivity contribution in [3.8, 4) is 0 Å². The maximum atomic E-state index is 14.8. The van der Waals surface area contributed by atoms with Crippen LogP contribution in [0.1, 0.15) is 42.6 Å². The molecule has 3 heterocycles. The number of hydrogen-bond acceptors (Lipinski definition) is 6. The minimum Gasteiger partial charge on any atom is -0.477 e. The van der Waals surface area contributed by atoms with Crippen molar-refractivity contribution in [3.05, 3.63) is 33.9 Å². The van der Waals surface area contributed by atoms with Crippen molar-refractivity contribution in [1.82, 2.24) is 14.9 Å². The summed E-state index contributed by atoms with van der Waals surface area (Å²) in [6, 6.07) is 0.319. The number of hydrogen-bond donors (Lipinski definition) is 3. The SMILES string of the molecule is C[C@H](N)C(=O)N[C@@H]1CCN(c2nc3c(cc2F)c(=O)c(C(=O)O)cn3C2CC2)C1.Cl.O. The number of amides is 1. The average molecular weight is 458 g/mol. The molecule has 2 aliphatic rings. The molecule has 1 aliphatic carbocycles. The van der Waals surface area contributed by atoms with Gasteiger partial charge in [0.25, 0.3) is 0 Å². The summed E-state index contributed by atoms with van der Waals surface area (Å²) in [5.74, 6) is -2.22. The van der Waals surface area contributed by atoms with Crippen molar-refractivity contribution >= 4 is 41.1 Å². The van der Waals surface area contributed by atoms with Crippen molar-refractivity contribution in [1.29, 1.82) is 0 Å². The van der Waals surface area contributed by atoms with Gasteiger partial charge in [0.2, 0.25) is 11.3 Å². The predicted octanol–water partition coefficient (Wildman–Crippen LogP) is 0.208. The van der Waals surface area contributed by atoms with Crippen LogP contribution < -0.4 is 21.4 Å². The molecule has 1 amide bonds. The van der Waals surface area contributed by atoms with Crippen LogP contribution in [0.25, 0.3) is 11.0 Å². The molecule has 2 atom stereocenters. The highest BCUT2D eigenvalue weighted by molar-refractivity contribution is 5.92. The molecule has 1 saturated heterocycles. The van der Waals surface area contributed by atoms with E-state index in [1.165, 1.54) is 6.20 Å². The Kier molecular flexibility index (Phi) is 7.25.